The van der Waals surface area contributed by atoms with Crippen LogP contribution in [0.2, 0.25) is 0 Å². The summed E-state index contributed by atoms with van der Waals surface area (Å²) in [5.41, 5.74) is 5.12. The van der Waals surface area contributed by atoms with E-state index in [1.54, 1.807) is 21.9 Å². The molecule has 0 aliphatic carbocycles. The van der Waals surface area contributed by atoms with E-state index in [4.69, 9.17) is 0 Å². The van der Waals surface area contributed by atoms with Crippen molar-refractivity contribution in [2.75, 3.05) is 43.1 Å². The van der Waals surface area contributed by atoms with Crippen LogP contribution in [0.1, 0.15) is 33.5 Å². The van der Waals surface area contributed by atoms with Crippen LogP contribution in [-0.4, -0.2) is 74.3 Å². The zero-order chi connectivity index (χ0) is 23.8. The number of benzene rings is 2. The van der Waals surface area contributed by atoms with Gasteiger partial charge in [-0.3, -0.25) is 9.59 Å². The summed E-state index contributed by atoms with van der Waals surface area (Å²) in [7, 11) is -3.27. The van der Waals surface area contributed by atoms with Crippen molar-refractivity contribution in [2.45, 2.75) is 32.9 Å². The van der Waals surface area contributed by atoms with E-state index in [9.17, 15) is 18.0 Å². The number of anilines is 1. The number of piperazine rings is 1. The van der Waals surface area contributed by atoms with Crippen molar-refractivity contribution in [3.63, 3.8) is 0 Å². The number of fused-ring (bicyclic) bond motifs is 1. The van der Waals surface area contributed by atoms with E-state index >= 15 is 0 Å². The summed E-state index contributed by atoms with van der Waals surface area (Å²) < 4.78 is 23.7. The highest BCUT2D eigenvalue weighted by Crippen LogP contribution is 2.28. The third-order valence-corrected chi connectivity index (χ3v) is 7.76. The topological polar surface area (TPSA) is 78.0 Å². The third-order valence-electron chi connectivity index (χ3n) is 6.78. The minimum absolute atomic E-state index is 0.106. The molecule has 1 atom stereocenters. The van der Waals surface area contributed by atoms with Crippen molar-refractivity contribution >= 4 is 27.3 Å². The maximum atomic E-state index is 13.6. The number of aryl methyl sites for hydroxylation is 1. The van der Waals surface area contributed by atoms with Crippen molar-refractivity contribution in [2.24, 2.45) is 0 Å². The van der Waals surface area contributed by atoms with Crippen molar-refractivity contribution < 1.29 is 18.0 Å². The Morgan fingerprint density at radius 3 is 2.36 bits per heavy atom. The molecule has 1 fully saturated rings. The Hall–Kier alpha value is -2.87. The molecule has 0 radical (unpaired) electrons. The minimum Gasteiger partial charge on any atom is -0.368 e. The molecule has 7 nitrogen and oxygen atoms in total. The molecule has 0 spiro atoms. The monoisotopic (exact) mass is 469 g/mol. The SMILES string of the molecule is Cc1cccc(N2CCN(C(=O)C(CCS(C)(=O)=O)N3Cc4ccccc4C3=O)CC2)c1C. The molecule has 33 heavy (non-hydrogen) atoms. The lowest BCUT2D eigenvalue weighted by Gasteiger charge is -2.39. The molecular formula is C25H31N3O4S. The van der Waals surface area contributed by atoms with E-state index in [-0.39, 0.29) is 24.0 Å². The lowest BCUT2D eigenvalue weighted by atomic mass is 10.1. The Morgan fingerprint density at radius 2 is 1.70 bits per heavy atom. The Balaban J connectivity index is 1.50. The summed E-state index contributed by atoms with van der Waals surface area (Å²) in [6.45, 7) is 7.01. The molecule has 2 aliphatic rings. The van der Waals surface area contributed by atoms with Crippen LogP contribution in [0.15, 0.2) is 42.5 Å². The fraction of sp³-hybridized carbons (Fsp3) is 0.440. The van der Waals surface area contributed by atoms with Gasteiger partial charge in [0.15, 0.2) is 0 Å². The Labute approximate surface area is 195 Å². The van der Waals surface area contributed by atoms with Gasteiger partial charge in [-0.15, -0.1) is 0 Å². The zero-order valence-electron chi connectivity index (χ0n) is 19.5. The van der Waals surface area contributed by atoms with Gasteiger partial charge in [-0.2, -0.15) is 0 Å². The van der Waals surface area contributed by atoms with Crippen LogP contribution in [0.4, 0.5) is 5.69 Å². The smallest absolute Gasteiger partial charge is 0.255 e. The largest absolute Gasteiger partial charge is 0.368 e. The molecule has 2 aliphatic heterocycles. The van der Waals surface area contributed by atoms with Crippen molar-refractivity contribution in [3.05, 3.63) is 64.7 Å². The molecule has 176 valence electrons. The molecule has 0 bridgehead atoms. The number of sulfone groups is 1. The molecule has 8 heteroatoms. The van der Waals surface area contributed by atoms with Crippen LogP contribution in [0.5, 0.6) is 0 Å². The molecule has 2 amide bonds. The van der Waals surface area contributed by atoms with Gasteiger partial charge in [0.05, 0.1) is 5.75 Å². The summed E-state index contributed by atoms with van der Waals surface area (Å²) in [6, 6.07) is 12.8. The first-order chi connectivity index (χ1) is 15.7. The van der Waals surface area contributed by atoms with E-state index < -0.39 is 15.9 Å². The minimum atomic E-state index is -3.27. The maximum absolute atomic E-state index is 13.6. The highest BCUT2D eigenvalue weighted by molar-refractivity contribution is 7.90. The molecule has 2 heterocycles. The van der Waals surface area contributed by atoms with Gasteiger partial charge in [-0.05, 0) is 49.1 Å². The van der Waals surface area contributed by atoms with Crippen LogP contribution in [0.3, 0.4) is 0 Å². The lowest BCUT2D eigenvalue weighted by Crippen LogP contribution is -2.55. The van der Waals surface area contributed by atoms with Gasteiger partial charge >= 0.3 is 0 Å². The second-order valence-electron chi connectivity index (χ2n) is 9.06. The average Bonchev–Trinajstić information content (AvgIpc) is 3.11. The first kappa shape index (κ1) is 23.3. The summed E-state index contributed by atoms with van der Waals surface area (Å²) >= 11 is 0. The van der Waals surface area contributed by atoms with Crippen LogP contribution >= 0.6 is 0 Å². The summed E-state index contributed by atoms with van der Waals surface area (Å²) in [5.74, 6) is -0.502. The molecular weight excluding hydrogens is 438 g/mol. The van der Waals surface area contributed by atoms with Gasteiger partial charge in [0.2, 0.25) is 5.91 Å². The first-order valence-corrected chi connectivity index (χ1v) is 13.4. The summed E-state index contributed by atoms with van der Waals surface area (Å²) in [5, 5.41) is 0. The molecule has 2 aromatic carbocycles. The fourth-order valence-electron chi connectivity index (χ4n) is 4.72. The van der Waals surface area contributed by atoms with Gasteiger partial charge in [-0.25, -0.2) is 8.42 Å². The molecule has 0 aromatic heterocycles. The predicted octanol–water partition coefficient (Wildman–Crippen LogP) is 2.41. The van der Waals surface area contributed by atoms with E-state index in [0.29, 0.717) is 38.3 Å². The van der Waals surface area contributed by atoms with Crippen LogP contribution < -0.4 is 4.90 Å². The molecule has 1 saturated heterocycles. The number of carbonyl (C=O) groups excluding carboxylic acids is 2. The Kier molecular flexibility index (Phi) is 6.47. The first-order valence-electron chi connectivity index (χ1n) is 11.3. The number of hydrogen-bond acceptors (Lipinski definition) is 5. The Bertz CT molecular complexity index is 1170. The van der Waals surface area contributed by atoms with Crippen LogP contribution in [0.25, 0.3) is 0 Å². The van der Waals surface area contributed by atoms with E-state index in [1.165, 1.54) is 16.8 Å². The van der Waals surface area contributed by atoms with Crippen LogP contribution in [0, 0.1) is 13.8 Å². The van der Waals surface area contributed by atoms with Crippen molar-refractivity contribution in [3.8, 4) is 0 Å². The van der Waals surface area contributed by atoms with E-state index in [1.807, 2.05) is 18.2 Å². The Morgan fingerprint density at radius 1 is 1.00 bits per heavy atom. The highest BCUT2D eigenvalue weighted by atomic mass is 32.2. The van der Waals surface area contributed by atoms with Gasteiger partial charge in [-0.1, -0.05) is 30.3 Å². The number of nitrogens with zero attached hydrogens (tertiary/aromatic N) is 3. The van der Waals surface area contributed by atoms with Crippen molar-refractivity contribution in [1.82, 2.24) is 9.80 Å². The van der Waals surface area contributed by atoms with Crippen molar-refractivity contribution in [1.29, 1.82) is 0 Å². The van der Waals surface area contributed by atoms with E-state index in [2.05, 4.69) is 30.9 Å². The van der Waals surface area contributed by atoms with Gasteiger partial charge in [0.25, 0.3) is 5.91 Å². The predicted molar refractivity (Wildman–Crippen MR) is 129 cm³/mol. The third kappa shape index (κ3) is 4.90. The number of carbonyl (C=O) groups is 2. The lowest BCUT2D eigenvalue weighted by molar-refractivity contribution is -0.136. The van der Waals surface area contributed by atoms with Crippen LogP contribution in [-0.2, 0) is 21.2 Å². The maximum Gasteiger partial charge on any atom is 0.255 e. The summed E-state index contributed by atoms with van der Waals surface area (Å²) in [6.07, 6.45) is 1.27. The van der Waals surface area contributed by atoms with Gasteiger partial charge in [0.1, 0.15) is 15.9 Å². The van der Waals surface area contributed by atoms with Gasteiger partial charge < -0.3 is 14.7 Å². The van der Waals surface area contributed by atoms with E-state index in [0.717, 1.165) is 11.8 Å². The number of hydrogen-bond donors (Lipinski definition) is 0. The number of rotatable bonds is 6. The molecule has 4 rings (SSSR count). The fourth-order valence-corrected chi connectivity index (χ4v) is 5.38. The standard InChI is InChI=1S/C25H31N3O4S/c1-18-7-6-10-22(19(18)2)26-12-14-27(15-13-26)25(30)23(11-16-33(3,31)32)28-17-20-8-4-5-9-21(20)24(28)29/h4-10,23H,11-17H2,1-3H3. The molecule has 2 aromatic rings. The van der Waals surface area contributed by atoms with Gasteiger partial charge in [0, 0.05) is 50.2 Å². The quantitative estimate of drug-likeness (QED) is 0.649. The molecule has 0 saturated carbocycles. The zero-order valence-corrected chi connectivity index (χ0v) is 20.3. The number of amides is 2. The second-order valence-corrected chi connectivity index (χ2v) is 11.3. The highest BCUT2D eigenvalue weighted by Gasteiger charge is 2.39. The molecule has 0 N–H and O–H groups in total. The second kappa shape index (κ2) is 9.17. The molecule has 1 unspecified atom stereocenters. The normalized spacial score (nSPS) is 17.3. The average molecular weight is 470 g/mol. The summed E-state index contributed by atoms with van der Waals surface area (Å²) in [4.78, 5) is 32.3.